The van der Waals surface area contributed by atoms with E-state index in [1.165, 1.54) is 10.2 Å². The number of nitrogens with zero attached hydrogens (tertiary/aromatic N) is 3. The third-order valence-corrected chi connectivity index (χ3v) is 5.43. The first-order valence-electron chi connectivity index (χ1n) is 11.0. The minimum Gasteiger partial charge on any atom is -0.497 e. The van der Waals surface area contributed by atoms with Crippen LogP contribution < -0.4 is 4.74 Å². The van der Waals surface area contributed by atoms with E-state index >= 15 is 0 Å². The number of carbonyl (C=O) groups excluding carboxylic acids is 2. The van der Waals surface area contributed by atoms with Crippen molar-refractivity contribution in [3.63, 3.8) is 0 Å². The summed E-state index contributed by atoms with van der Waals surface area (Å²) in [5.74, 6) is 1.60. The summed E-state index contributed by atoms with van der Waals surface area (Å²) in [6.07, 6.45) is 1.32. The fourth-order valence-electron chi connectivity index (χ4n) is 3.48. The molecule has 6 nitrogen and oxygen atoms in total. The molecule has 0 aliphatic carbocycles. The van der Waals surface area contributed by atoms with E-state index in [2.05, 4.69) is 10.1 Å². The van der Waals surface area contributed by atoms with Crippen molar-refractivity contribution in [1.82, 2.24) is 14.8 Å². The van der Waals surface area contributed by atoms with Crippen LogP contribution in [0, 0.1) is 19.8 Å². The Morgan fingerprint density at radius 2 is 1.84 bits per heavy atom. The number of ketones is 2. The predicted octanol–water partition coefficient (Wildman–Crippen LogP) is 5.00. The fourth-order valence-corrected chi connectivity index (χ4v) is 3.48. The number of Topliss-reactive ketones (excluding diaryl/α,β-unsaturated/α-hetero) is 2. The number of carbonyl (C=O) groups is 2. The van der Waals surface area contributed by atoms with Crippen LogP contribution in [0.1, 0.15) is 54.0 Å². The predicted molar refractivity (Wildman–Crippen MR) is 125 cm³/mol. The zero-order valence-corrected chi connectivity index (χ0v) is 19.5. The van der Waals surface area contributed by atoms with E-state index < -0.39 is 0 Å². The number of benzene rings is 2. The highest BCUT2D eigenvalue weighted by atomic mass is 16.5. The van der Waals surface area contributed by atoms with Crippen molar-refractivity contribution in [3.8, 4) is 17.1 Å². The Morgan fingerprint density at radius 3 is 2.53 bits per heavy atom. The molecule has 0 aliphatic rings. The van der Waals surface area contributed by atoms with Crippen molar-refractivity contribution >= 4 is 11.6 Å². The maximum absolute atomic E-state index is 12.8. The Labute approximate surface area is 189 Å². The Bertz CT molecular complexity index is 1120. The molecular weight excluding hydrogens is 402 g/mol. The summed E-state index contributed by atoms with van der Waals surface area (Å²) in [5, 5.41) is 4.55. The highest BCUT2D eigenvalue weighted by Gasteiger charge is 2.21. The van der Waals surface area contributed by atoms with Gasteiger partial charge in [-0.2, -0.15) is 0 Å². The zero-order valence-electron chi connectivity index (χ0n) is 19.5. The van der Waals surface area contributed by atoms with Gasteiger partial charge in [-0.05, 0) is 61.1 Å². The topological polar surface area (TPSA) is 74.1 Å². The SMILES string of the molecule is COc1cccc(CCC(=O)Cn2nc(-c3ccc(C)c(C)c3)nc2C(=O)CC(C)C)c1. The van der Waals surface area contributed by atoms with Crippen LogP contribution in [0.15, 0.2) is 42.5 Å². The van der Waals surface area contributed by atoms with Crippen LogP contribution in [0.3, 0.4) is 0 Å². The molecule has 3 rings (SSSR count). The summed E-state index contributed by atoms with van der Waals surface area (Å²) >= 11 is 0. The summed E-state index contributed by atoms with van der Waals surface area (Å²) < 4.78 is 6.72. The summed E-state index contributed by atoms with van der Waals surface area (Å²) in [6.45, 7) is 8.08. The first kappa shape index (κ1) is 23.4. The Balaban J connectivity index is 1.81. The van der Waals surface area contributed by atoms with E-state index in [0.29, 0.717) is 25.1 Å². The van der Waals surface area contributed by atoms with E-state index in [1.807, 2.05) is 70.2 Å². The van der Waals surface area contributed by atoms with Gasteiger partial charge >= 0.3 is 0 Å². The molecule has 0 spiro atoms. The summed E-state index contributed by atoms with van der Waals surface area (Å²) in [7, 11) is 1.62. The first-order valence-corrected chi connectivity index (χ1v) is 11.0. The molecule has 2 aromatic carbocycles. The average molecular weight is 434 g/mol. The molecule has 3 aromatic rings. The Morgan fingerprint density at radius 1 is 1.06 bits per heavy atom. The molecule has 0 saturated carbocycles. The lowest BCUT2D eigenvalue weighted by molar-refractivity contribution is -0.119. The molecule has 0 aliphatic heterocycles. The lowest BCUT2D eigenvalue weighted by Crippen LogP contribution is -2.18. The summed E-state index contributed by atoms with van der Waals surface area (Å²) in [6, 6.07) is 13.7. The number of hydrogen-bond donors (Lipinski definition) is 0. The van der Waals surface area contributed by atoms with Gasteiger partial charge in [0.25, 0.3) is 0 Å². The lowest BCUT2D eigenvalue weighted by atomic mass is 10.1. The van der Waals surface area contributed by atoms with Gasteiger partial charge in [0.1, 0.15) is 12.3 Å². The van der Waals surface area contributed by atoms with Crippen LogP contribution in [0.5, 0.6) is 5.75 Å². The van der Waals surface area contributed by atoms with Crippen molar-refractivity contribution in [1.29, 1.82) is 0 Å². The third-order valence-electron chi connectivity index (χ3n) is 5.43. The van der Waals surface area contributed by atoms with Gasteiger partial charge in [0.2, 0.25) is 0 Å². The molecule has 0 N–H and O–H groups in total. The highest BCUT2D eigenvalue weighted by Crippen LogP contribution is 2.21. The summed E-state index contributed by atoms with van der Waals surface area (Å²) in [4.78, 5) is 30.1. The van der Waals surface area contributed by atoms with Crippen molar-refractivity contribution in [2.24, 2.45) is 5.92 Å². The second-order valence-electron chi connectivity index (χ2n) is 8.63. The first-order chi connectivity index (χ1) is 15.3. The number of aryl methyl sites for hydroxylation is 3. The van der Waals surface area contributed by atoms with Crippen LogP contribution in [-0.4, -0.2) is 33.4 Å². The third kappa shape index (κ3) is 5.90. The van der Waals surface area contributed by atoms with Crippen LogP contribution in [0.4, 0.5) is 0 Å². The molecule has 0 unspecified atom stereocenters. The molecule has 0 fully saturated rings. The van der Waals surface area contributed by atoms with Crippen molar-refractivity contribution in [2.75, 3.05) is 7.11 Å². The molecule has 0 amide bonds. The molecule has 1 aromatic heterocycles. The average Bonchev–Trinajstić information content (AvgIpc) is 3.17. The van der Waals surface area contributed by atoms with E-state index in [0.717, 1.165) is 22.4 Å². The molecule has 0 saturated heterocycles. The minimum atomic E-state index is -0.0943. The molecule has 0 radical (unpaired) electrons. The quantitative estimate of drug-likeness (QED) is 0.421. The second kappa shape index (κ2) is 10.4. The van der Waals surface area contributed by atoms with Gasteiger partial charge < -0.3 is 4.74 Å². The van der Waals surface area contributed by atoms with Crippen LogP contribution >= 0.6 is 0 Å². The second-order valence-corrected chi connectivity index (χ2v) is 8.63. The maximum Gasteiger partial charge on any atom is 0.200 e. The number of ether oxygens (including phenoxy) is 1. The highest BCUT2D eigenvalue weighted by molar-refractivity contribution is 5.93. The molecule has 0 bridgehead atoms. The maximum atomic E-state index is 12.8. The van der Waals surface area contributed by atoms with E-state index in [1.54, 1.807) is 7.11 Å². The number of aromatic nitrogens is 3. The van der Waals surface area contributed by atoms with E-state index in [-0.39, 0.29) is 29.9 Å². The molecule has 6 heteroatoms. The standard InChI is InChI=1S/C26H31N3O3/c1-17(2)13-24(31)26-27-25(21-11-9-18(3)19(4)14-21)28-29(26)16-22(30)12-10-20-7-6-8-23(15-20)32-5/h6-9,11,14-15,17H,10,12-13,16H2,1-5H3. The molecule has 32 heavy (non-hydrogen) atoms. The smallest absolute Gasteiger partial charge is 0.200 e. The van der Waals surface area contributed by atoms with Crippen molar-refractivity contribution in [3.05, 3.63) is 65.0 Å². The van der Waals surface area contributed by atoms with Crippen LogP contribution in [-0.2, 0) is 17.8 Å². The van der Waals surface area contributed by atoms with Gasteiger partial charge in [0.05, 0.1) is 7.11 Å². The normalized spacial score (nSPS) is 11.1. The zero-order chi connectivity index (χ0) is 23.3. The van der Waals surface area contributed by atoms with Gasteiger partial charge in [-0.1, -0.05) is 38.1 Å². The monoisotopic (exact) mass is 433 g/mol. The Hall–Kier alpha value is -3.28. The molecular formula is C26H31N3O3. The number of rotatable bonds is 10. The van der Waals surface area contributed by atoms with Gasteiger partial charge in [-0.3, -0.25) is 9.59 Å². The van der Waals surface area contributed by atoms with Gasteiger partial charge in [0, 0.05) is 18.4 Å². The van der Waals surface area contributed by atoms with Gasteiger partial charge in [0.15, 0.2) is 23.2 Å². The lowest BCUT2D eigenvalue weighted by Gasteiger charge is -2.07. The molecule has 168 valence electrons. The van der Waals surface area contributed by atoms with Crippen molar-refractivity contribution in [2.45, 2.75) is 53.5 Å². The number of hydrogen-bond acceptors (Lipinski definition) is 5. The van der Waals surface area contributed by atoms with Crippen LogP contribution in [0.25, 0.3) is 11.4 Å². The summed E-state index contributed by atoms with van der Waals surface area (Å²) in [5.41, 5.74) is 4.18. The van der Waals surface area contributed by atoms with Gasteiger partial charge in [-0.15, -0.1) is 5.10 Å². The molecule has 0 atom stereocenters. The van der Waals surface area contributed by atoms with E-state index in [4.69, 9.17) is 4.74 Å². The minimum absolute atomic E-state index is 0.00273. The van der Waals surface area contributed by atoms with Gasteiger partial charge in [-0.25, -0.2) is 9.67 Å². The fraction of sp³-hybridized carbons (Fsp3) is 0.385. The van der Waals surface area contributed by atoms with Crippen LogP contribution in [0.2, 0.25) is 0 Å². The number of methoxy groups -OCH3 is 1. The van der Waals surface area contributed by atoms with Crippen molar-refractivity contribution < 1.29 is 14.3 Å². The largest absolute Gasteiger partial charge is 0.497 e. The van der Waals surface area contributed by atoms with E-state index in [9.17, 15) is 9.59 Å². The molecule has 1 heterocycles. The Kier molecular flexibility index (Phi) is 7.57.